The lowest BCUT2D eigenvalue weighted by molar-refractivity contribution is 0.102. The molecule has 0 spiro atoms. The molecular formula is C18H19ClFN3O5S. The third-order valence-electron chi connectivity index (χ3n) is 4.46. The average Bonchev–Trinajstić information content (AvgIpc) is 3.17. The molecule has 11 heteroatoms. The number of anilines is 1. The number of rotatable bonds is 6. The maximum absolute atomic E-state index is 13.6. The Morgan fingerprint density at radius 2 is 2.17 bits per heavy atom. The summed E-state index contributed by atoms with van der Waals surface area (Å²) in [5.41, 5.74) is -0.0691. The van der Waals surface area contributed by atoms with E-state index >= 15 is 0 Å². The van der Waals surface area contributed by atoms with Crippen molar-refractivity contribution in [2.24, 2.45) is 5.92 Å². The van der Waals surface area contributed by atoms with Crippen molar-refractivity contribution < 1.29 is 27.1 Å². The van der Waals surface area contributed by atoms with E-state index in [9.17, 15) is 17.6 Å². The van der Waals surface area contributed by atoms with Crippen LogP contribution in [0.25, 0.3) is 0 Å². The summed E-state index contributed by atoms with van der Waals surface area (Å²) in [7, 11) is -2.28. The fraction of sp³-hybridized carbons (Fsp3) is 0.389. The van der Waals surface area contributed by atoms with Crippen molar-refractivity contribution in [1.29, 1.82) is 0 Å². The van der Waals surface area contributed by atoms with E-state index in [-0.39, 0.29) is 39.5 Å². The summed E-state index contributed by atoms with van der Waals surface area (Å²) < 4.78 is 49.4. The Hall–Kier alpha value is -2.30. The molecule has 1 aliphatic rings. The molecule has 1 amide bonds. The number of sulfone groups is 1. The number of ether oxygens (including phenoxy) is 2. The Morgan fingerprint density at radius 1 is 1.41 bits per heavy atom. The second kappa shape index (κ2) is 8.60. The Labute approximate surface area is 172 Å². The second-order valence-electron chi connectivity index (χ2n) is 6.56. The maximum atomic E-state index is 13.6. The van der Waals surface area contributed by atoms with Gasteiger partial charge in [0.05, 0.1) is 35.6 Å². The molecule has 0 saturated carbocycles. The fourth-order valence-electron chi connectivity index (χ4n) is 2.93. The molecule has 2 heterocycles. The van der Waals surface area contributed by atoms with Crippen LogP contribution in [0.1, 0.15) is 22.5 Å². The number of methoxy groups -OCH3 is 1. The predicted molar refractivity (Wildman–Crippen MR) is 104 cm³/mol. The SMILES string of the molecule is COc1ccc(S(=O)(=O)C[C@H]2CCOC2)cc1C(=O)Nc1nc(C)c(F)c(Cl)n1. The van der Waals surface area contributed by atoms with E-state index < -0.39 is 26.7 Å². The lowest BCUT2D eigenvalue weighted by Crippen LogP contribution is -2.19. The Balaban J connectivity index is 1.89. The molecule has 1 atom stereocenters. The van der Waals surface area contributed by atoms with Gasteiger partial charge in [0.1, 0.15) is 5.75 Å². The lowest BCUT2D eigenvalue weighted by atomic mass is 10.2. The van der Waals surface area contributed by atoms with Gasteiger partial charge in [-0.3, -0.25) is 10.1 Å². The number of amides is 1. The summed E-state index contributed by atoms with van der Waals surface area (Å²) in [6.07, 6.45) is 0.671. The van der Waals surface area contributed by atoms with E-state index in [2.05, 4.69) is 15.3 Å². The molecule has 1 aromatic carbocycles. The normalized spacial score (nSPS) is 16.6. The van der Waals surface area contributed by atoms with Gasteiger partial charge in [-0.1, -0.05) is 11.6 Å². The number of carbonyl (C=O) groups excluding carboxylic acids is 1. The van der Waals surface area contributed by atoms with Gasteiger partial charge in [0.15, 0.2) is 20.8 Å². The van der Waals surface area contributed by atoms with E-state index in [1.165, 1.54) is 32.2 Å². The third-order valence-corrected chi connectivity index (χ3v) is 6.59. The van der Waals surface area contributed by atoms with Gasteiger partial charge in [0.2, 0.25) is 5.95 Å². The van der Waals surface area contributed by atoms with Gasteiger partial charge >= 0.3 is 0 Å². The van der Waals surface area contributed by atoms with Crippen molar-refractivity contribution in [2.75, 3.05) is 31.4 Å². The molecule has 0 bridgehead atoms. The molecule has 0 unspecified atom stereocenters. The zero-order valence-corrected chi connectivity index (χ0v) is 17.3. The molecule has 1 aromatic heterocycles. The number of halogens is 2. The highest BCUT2D eigenvalue weighted by Gasteiger charge is 2.26. The van der Waals surface area contributed by atoms with Crippen molar-refractivity contribution in [3.8, 4) is 5.75 Å². The van der Waals surface area contributed by atoms with Crippen LogP contribution in [-0.2, 0) is 14.6 Å². The molecule has 2 aromatic rings. The summed E-state index contributed by atoms with van der Waals surface area (Å²) >= 11 is 5.68. The van der Waals surface area contributed by atoms with Crippen LogP contribution in [0.3, 0.4) is 0 Å². The quantitative estimate of drug-likeness (QED) is 0.684. The summed E-state index contributed by atoms with van der Waals surface area (Å²) in [5, 5.41) is 1.95. The van der Waals surface area contributed by atoms with Crippen LogP contribution in [0.15, 0.2) is 23.1 Å². The highest BCUT2D eigenvalue weighted by molar-refractivity contribution is 7.91. The largest absolute Gasteiger partial charge is 0.496 e. The number of aromatic nitrogens is 2. The molecule has 8 nitrogen and oxygen atoms in total. The Bertz CT molecular complexity index is 1020. The predicted octanol–water partition coefficient (Wildman–Crippen LogP) is 2.65. The summed E-state index contributed by atoms with van der Waals surface area (Å²) in [6, 6.07) is 4.02. The van der Waals surface area contributed by atoms with E-state index in [4.69, 9.17) is 21.1 Å². The molecule has 1 aliphatic heterocycles. The van der Waals surface area contributed by atoms with Crippen molar-refractivity contribution in [3.05, 3.63) is 40.4 Å². The third kappa shape index (κ3) is 4.82. The highest BCUT2D eigenvalue weighted by Crippen LogP contribution is 2.26. The lowest BCUT2D eigenvalue weighted by Gasteiger charge is -2.13. The van der Waals surface area contributed by atoms with E-state index in [1.54, 1.807) is 0 Å². The second-order valence-corrected chi connectivity index (χ2v) is 8.96. The van der Waals surface area contributed by atoms with Crippen molar-refractivity contribution in [3.63, 3.8) is 0 Å². The summed E-state index contributed by atoms with van der Waals surface area (Å²) in [6.45, 7) is 2.31. The van der Waals surface area contributed by atoms with Crippen LogP contribution in [0.4, 0.5) is 10.3 Å². The highest BCUT2D eigenvalue weighted by atomic mass is 35.5. The van der Waals surface area contributed by atoms with Crippen LogP contribution in [-0.4, -0.2) is 50.4 Å². The zero-order chi connectivity index (χ0) is 21.2. The topological polar surface area (TPSA) is 107 Å². The van der Waals surface area contributed by atoms with Gasteiger partial charge in [0, 0.05) is 6.61 Å². The number of benzene rings is 1. The molecule has 1 fully saturated rings. The summed E-state index contributed by atoms with van der Waals surface area (Å²) in [5.74, 6) is -1.71. The number of nitrogens with one attached hydrogen (secondary N) is 1. The summed E-state index contributed by atoms with van der Waals surface area (Å²) in [4.78, 5) is 20.2. The first kappa shape index (κ1) is 21.4. The molecule has 1 saturated heterocycles. The Kier molecular flexibility index (Phi) is 6.35. The standard InChI is InChI=1S/C18H19ClFN3O5S/c1-10-15(20)16(19)22-18(21-10)23-17(24)13-7-12(3-4-14(13)27-2)29(25,26)9-11-5-6-28-8-11/h3-4,7,11H,5-6,8-9H2,1-2H3,(H,21,22,23,24)/t11-/m0/s1. The minimum Gasteiger partial charge on any atom is -0.496 e. The molecule has 156 valence electrons. The van der Waals surface area contributed by atoms with Crippen LogP contribution < -0.4 is 10.1 Å². The molecule has 1 N–H and O–H groups in total. The van der Waals surface area contributed by atoms with Crippen LogP contribution >= 0.6 is 11.6 Å². The van der Waals surface area contributed by atoms with Crippen LogP contribution in [0.5, 0.6) is 5.75 Å². The minimum atomic E-state index is -3.63. The minimum absolute atomic E-state index is 0.00964. The van der Waals surface area contributed by atoms with Gasteiger partial charge in [0.25, 0.3) is 5.91 Å². The number of hydrogen-bond acceptors (Lipinski definition) is 7. The molecular weight excluding hydrogens is 425 g/mol. The zero-order valence-electron chi connectivity index (χ0n) is 15.7. The van der Waals surface area contributed by atoms with Gasteiger partial charge in [-0.2, -0.15) is 4.98 Å². The number of nitrogens with zero attached hydrogens (tertiary/aromatic N) is 2. The van der Waals surface area contributed by atoms with Gasteiger partial charge in [-0.05, 0) is 37.5 Å². The van der Waals surface area contributed by atoms with Crippen LogP contribution in [0.2, 0.25) is 5.15 Å². The fourth-order valence-corrected chi connectivity index (χ4v) is 4.79. The van der Waals surface area contributed by atoms with Gasteiger partial charge in [-0.25, -0.2) is 17.8 Å². The first-order valence-corrected chi connectivity index (χ1v) is 10.7. The Morgan fingerprint density at radius 3 is 2.79 bits per heavy atom. The first-order chi connectivity index (χ1) is 13.7. The maximum Gasteiger partial charge on any atom is 0.261 e. The average molecular weight is 444 g/mol. The number of aryl methyl sites for hydroxylation is 1. The number of hydrogen-bond donors (Lipinski definition) is 1. The smallest absolute Gasteiger partial charge is 0.261 e. The van der Waals surface area contributed by atoms with E-state index in [0.29, 0.717) is 19.6 Å². The molecule has 0 aliphatic carbocycles. The molecule has 29 heavy (non-hydrogen) atoms. The molecule has 3 rings (SSSR count). The van der Waals surface area contributed by atoms with Crippen molar-refractivity contribution in [2.45, 2.75) is 18.2 Å². The van der Waals surface area contributed by atoms with E-state index in [0.717, 1.165) is 0 Å². The molecule has 0 radical (unpaired) electrons. The first-order valence-electron chi connectivity index (χ1n) is 8.71. The monoisotopic (exact) mass is 443 g/mol. The van der Waals surface area contributed by atoms with Crippen molar-refractivity contribution in [1.82, 2.24) is 9.97 Å². The van der Waals surface area contributed by atoms with Gasteiger partial charge < -0.3 is 9.47 Å². The van der Waals surface area contributed by atoms with Crippen LogP contribution in [0, 0.1) is 18.7 Å². The van der Waals surface area contributed by atoms with Crippen molar-refractivity contribution >= 4 is 33.3 Å². The van der Waals surface area contributed by atoms with E-state index in [1.807, 2.05) is 0 Å². The number of carbonyl (C=O) groups is 1. The van der Waals surface area contributed by atoms with Gasteiger partial charge in [-0.15, -0.1) is 0 Å².